The maximum atomic E-state index is 12.7. The van der Waals surface area contributed by atoms with Gasteiger partial charge in [0.15, 0.2) is 0 Å². The molecule has 0 aliphatic carbocycles. The van der Waals surface area contributed by atoms with Crippen molar-refractivity contribution in [2.45, 2.75) is 6.18 Å². The van der Waals surface area contributed by atoms with E-state index in [4.69, 9.17) is 28.9 Å². The van der Waals surface area contributed by atoms with Crippen LogP contribution in [0.5, 0.6) is 0 Å². The zero-order valence-electron chi connectivity index (χ0n) is 10.8. The van der Waals surface area contributed by atoms with Crippen LogP contribution in [-0.2, 0) is 6.18 Å². The number of hydrogen-bond acceptors (Lipinski definition) is 2. The van der Waals surface area contributed by atoms with Crippen molar-refractivity contribution in [1.29, 1.82) is 0 Å². The molecule has 0 atom stereocenters. The fourth-order valence-electron chi connectivity index (χ4n) is 1.80. The molecular weight excluding hydrogens is 340 g/mol. The number of alkyl halides is 3. The summed E-state index contributed by atoms with van der Waals surface area (Å²) in [6.07, 6.45) is -4.57. The maximum absolute atomic E-state index is 12.7. The minimum atomic E-state index is -4.57. The van der Waals surface area contributed by atoms with Crippen molar-refractivity contribution in [2.75, 3.05) is 11.1 Å². The predicted octanol–water partition coefficient (Wildman–Crippen LogP) is 4.85. The van der Waals surface area contributed by atoms with Gasteiger partial charge >= 0.3 is 6.18 Å². The van der Waals surface area contributed by atoms with E-state index in [9.17, 15) is 18.0 Å². The summed E-state index contributed by atoms with van der Waals surface area (Å²) in [6.45, 7) is 0. The Kier molecular flexibility index (Phi) is 4.53. The second-order valence-corrected chi connectivity index (χ2v) is 5.21. The van der Waals surface area contributed by atoms with Crippen LogP contribution in [0.4, 0.5) is 24.5 Å². The Labute approximate surface area is 133 Å². The first kappa shape index (κ1) is 16.5. The Morgan fingerprint density at radius 3 is 2.23 bits per heavy atom. The minimum absolute atomic E-state index is 0.0261. The first-order chi connectivity index (χ1) is 10.2. The van der Waals surface area contributed by atoms with Gasteiger partial charge in [0.2, 0.25) is 0 Å². The molecule has 2 rings (SSSR count). The molecule has 0 aliphatic heterocycles. The average Bonchev–Trinajstić information content (AvgIpc) is 2.36. The van der Waals surface area contributed by atoms with E-state index >= 15 is 0 Å². The highest BCUT2D eigenvalue weighted by atomic mass is 35.5. The largest absolute Gasteiger partial charge is 0.416 e. The molecule has 0 saturated heterocycles. The van der Waals surface area contributed by atoms with E-state index in [2.05, 4.69) is 5.32 Å². The number of rotatable bonds is 2. The summed E-state index contributed by atoms with van der Waals surface area (Å²) in [5.41, 5.74) is 4.20. The van der Waals surface area contributed by atoms with Gasteiger partial charge in [0, 0.05) is 11.4 Å². The molecule has 22 heavy (non-hydrogen) atoms. The van der Waals surface area contributed by atoms with Gasteiger partial charge in [-0.15, -0.1) is 0 Å². The van der Waals surface area contributed by atoms with Gasteiger partial charge < -0.3 is 11.1 Å². The summed E-state index contributed by atoms with van der Waals surface area (Å²) in [5.74, 6) is -0.727. The molecule has 2 aromatic carbocycles. The average molecular weight is 349 g/mol. The summed E-state index contributed by atoms with van der Waals surface area (Å²) in [4.78, 5) is 12.1. The van der Waals surface area contributed by atoms with Crippen molar-refractivity contribution in [3.63, 3.8) is 0 Å². The number of nitrogen functional groups attached to an aromatic ring is 1. The molecule has 0 saturated carbocycles. The Morgan fingerprint density at radius 1 is 1.09 bits per heavy atom. The van der Waals surface area contributed by atoms with Crippen molar-refractivity contribution in [1.82, 2.24) is 0 Å². The Bertz CT molecular complexity index is 712. The van der Waals surface area contributed by atoms with Gasteiger partial charge in [-0.05, 0) is 30.3 Å². The molecule has 3 N–H and O–H groups in total. The number of nitrogens with one attached hydrogen (secondary N) is 1. The first-order valence-electron chi connectivity index (χ1n) is 5.91. The number of nitrogens with two attached hydrogens (primary N) is 1. The van der Waals surface area contributed by atoms with Crippen LogP contribution in [0.25, 0.3) is 0 Å². The van der Waals surface area contributed by atoms with Gasteiger partial charge in [-0.25, -0.2) is 0 Å². The quantitative estimate of drug-likeness (QED) is 0.762. The molecule has 1 amide bonds. The Morgan fingerprint density at radius 2 is 1.68 bits per heavy atom. The molecule has 0 aliphatic rings. The molecule has 3 nitrogen and oxygen atoms in total. The van der Waals surface area contributed by atoms with Gasteiger partial charge in [0.1, 0.15) is 0 Å². The normalized spacial score (nSPS) is 11.3. The van der Waals surface area contributed by atoms with E-state index < -0.39 is 17.6 Å². The topological polar surface area (TPSA) is 55.1 Å². The predicted molar refractivity (Wildman–Crippen MR) is 80.3 cm³/mol. The lowest BCUT2D eigenvalue weighted by molar-refractivity contribution is -0.137. The lowest BCUT2D eigenvalue weighted by Crippen LogP contribution is -2.14. The van der Waals surface area contributed by atoms with E-state index in [1.165, 1.54) is 18.2 Å². The van der Waals surface area contributed by atoms with Crippen molar-refractivity contribution in [3.8, 4) is 0 Å². The van der Waals surface area contributed by atoms with Crippen LogP contribution in [0.3, 0.4) is 0 Å². The van der Waals surface area contributed by atoms with E-state index in [0.717, 1.165) is 12.1 Å². The third-order valence-electron chi connectivity index (χ3n) is 2.73. The smallest absolute Gasteiger partial charge is 0.399 e. The lowest BCUT2D eigenvalue weighted by Gasteiger charge is -2.12. The molecule has 0 spiro atoms. The summed E-state index contributed by atoms with van der Waals surface area (Å²) in [5, 5.41) is 2.48. The van der Waals surface area contributed by atoms with Gasteiger partial charge in [-0.3, -0.25) is 4.79 Å². The van der Waals surface area contributed by atoms with Crippen molar-refractivity contribution in [3.05, 3.63) is 57.6 Å². The Balaban J connectivity index is 2.35. The zero-order chi connectivity index (χ0) is 16.5. The molecule has 0 fully saturated rings. The van der Waals surface area contributed by atoms with Gasteiger partial charge in [0.25, 0.3) is 5.91 Å². The summed E-state index contributed by atoms with van der Waals surface area (Å²) in [6, 6.07) is 7.20. The molecular formula is C14H9Cl2F3N2O. The first-order valence-corrected chi connectivity index (χ1v) is 6.67. The molecule has 0 unspecified atom stereocenters. The zero-order valence-corrected chi connectivity index (χ0v) is 12.4. The molecule has 2 aromatic rings. The van der Waals surface area contributed by atoms with Crippen LogP contribution >= 0.6 is 23.2 Å². The third-order valence-corrected chi connectivity index (χ3v) is 3.36. The standard InChI is InChI=1S/C14H9Cl2F3N2O/c15-10-2-1-3-11(16)12(10)13(22)21-9-5-7(14(17,18)19)4-8(20)6-9/h1-6H,20H2,(H,21,22). The minimum Gasteiger partial charge on any atom is -0.399 e. The Hall–Kier alpha value is -1.92. The summed E-state index contributed by atoms with van der Waals surface area (Å²) >= 11 is 11.8. The van der Waals surface area contributed by atoms with Crippen LogP contribution in [0, 0.1) is 0 Å². The highest BCUT2D eigenvalue weighted by molar-refractivity contribution is 6.40. The van der Waals surface area contributed by atoms with Gasteiger partial charge in [-0.1, -0.05) is 29.3 Å². The van der Waals surface area contributed by atoms with Gasteiger partial charge in [0.05, 0.1) is 21.2 Å². The molecule has 8 heteroatoms. The second-order valence-electron chi connectivity index (χ2n) is 4.39. The van der Waals surface area contributed by atoms with E-state index in [-0.39, 0.29) is 27.0 Å². The SMILES string of the molecule is Nc1cc(NC(=O)c2c(Cl)cccc2Cl)cc(C(F)(F)F)c1. The monoisotopic (exact) mass is 348 g/mol. The van der Waals surface area contributed by atoms with E-state index in [1.54, 1.807) is 6.07 Å². The molecule has 116 valence electrons. The fourth-order valence-corrected chi connectivity index (χ4v) is 2.36. The summed E-state index contributed by atoms with van der Waals surface area (Å²) < 4.78 is 38.2. The van der Waals surface area contributed by atoms with Gasteiger partial charge in [-0.2, -0.15) is 13.2 Å². The van der Waals surface area contributed by atoms with E-state index in [0.29, 0.717) is 0 Å². The number of halogens is 5. The molecule has 0 aromatic heterocycles. The molecule has 0 bridgehead atoms. The van der Waals surface area contributed by atoms with Crippen LogP contribution in [0.15, 0.2) is 36.4 Å². The number of carbonyl (C=O) groups excluding carboxylic acids is 1. The number of benzene rings is 2. The van der Waals surface area contributed by atoms with Crippen LogP contribution < -0.4 is 11.1 Å². The maximum Gasteiger partial charge on any atom is 0.416 e. The highest BCUT2D eigenvalue weighted by Gasteiger charge is 2.31. The van der Waals surface area contributed by atoms with Crippen molar-refractivity contribution < 1.29 is 18.0 Å². The van der Waals surface area contributed by atoms with Crippen LogP contribution in [0.2, 0.25) is 10.0 Å². The number of hydrogen-bond donors (Lipinski definition) is 2. The van der Waals surface area contributed by atoms with Crippen LogP contribution in [-0.4, -0.2) is 5.91 Å². The summed E-state index contributed by atoms with van der Waals surface area (Å²) in [7, 11) is 0. The van der Waals surface area contributed by atoms with E-state index in [1.807, 2.05) is 0 Å². The number of amides is 1. The molecule has 0 heterocycles. The highest BCUT2D eigenvalue weighted by Crippen LogP contribution is 2.33. The van der Waals surface area contributed by atoms with Crippen molar-refractivity contribution >= 4 is 40.5 Å². The number of carbonyl (C=O) groups is 1. The lowest BCUT2D eigenvalue weighted by atomic mass is 10.1. The second kappa shape index (κ2) is 6.06. The van der Waals surface area contributed by atoms with Crippen LogP contribution in [0.1, 0.15) is 15.9 Å². The molecule has 0 radical (unpaired) electrons. The third kappa shape index (κ3) is 3.64. The van der Waals surface area contributed by atoms with Crippen molar-refractivity contribution in [2.24, 2.45) is 0 Å². The number of anilines is 2. The fraction of sp³-hybridized carbons (Fsp3) is 0.0714.